The molecule has 0 aliphatic heterocycles. The zero-order valence-corrected chi connectivity index (χ0v) is 40.4. The predicted octanol–water partition coefficient (Wildman–Crippen LogP) is 18.0. The molecule has 1 amide bonds. The topological polar surface area (TPSA) is 66.4 Å². The quantitative estimate of drug-likeness (QED) is 0.0474. The SMILES string of the molecule is CCCCCCCC/C=C\CCCCCCCCCCCC(=O)CCCCCCCCCCCCCCC(=O)NCC(O)CCCCCCCCCCCCCCCC. The number of aliphatic hydroxyl groups is 1. The zero-order valence-electron chi connectivity index (χ0n) is 40.4. The van der Waals surface area contributed by atoms with Gasteiger partial charge < -0.3 is 10.4 Å². The van der Waals surface area contributed by atoms with Gasteiger partial charge in [-0.1, -0.05) is 257 Å². The number of aliphatic hydroxyl groups excluding tert-OH is 1. The fourth-order valence-corrected chi connectivity index (χ4v) is 8.60. The maximum Gasteiger partial charge on any atom is 0.220 e. The molecule has 0 heterocycles. The van der Waals surface area contributed by atoms with Crippen LogP contribution in [0.4, 0.5) is 0 Å². The number of hydrogen-bond donors (Lipinski definition) is 2. The van der Waals surface area contributed by atoms with E-state index in [0.29, 0.717) is 18.7 Å². The van der Waals surface area contributed by atoms with Crippen LogP contribution in [0, 0.1) is 0 Å². The van der Waals surface area contributed by atoms with Gasteiger partial charge in [-0.15, -0.1) is 0 Å². The zero-order chi connectivity index (χ0) is 42.8. The van der Waals surface area contributed by atoms with Crippen molar-refractivity contribution in [3.8, 4) is 0 Å². The van der Waals surface area contributed by atoms with E-state index in [4.69, 9.17) is 0 Å². The van der Waals surface area contributed by atoms with Gasteiger partial charge in [0, 0.05) is 25.8 Å². The highest BCUT2D eigenvalue weighted by molar-refractivity contribution is 5.78. The second-order valence-electron chi connectivity index (χ2n) is 18.9. The minimum atomic E-state index is -0.401. The molecule has 2 N–H and O–H groups in total. The lowest BCUT2D eigenvalue weighted by Gasteiger charge is -2.12. The minimum absolute atomic E-state index is 0.101. The molecule has 59 heavy (non-hydrogen) atoms. The van der Waals surface area contributed by atoms with Crippen molar-refractivity contribution in [2.75, 3.05) is 6.54 Å². The fourth-order valence-electron chi connectivity index (χ4n) is 8.60. The normalized spacial score (nSPS) is 12.2. The lowest BCUT2D eigenvalue weighted by atomic mass is 10.0. The summed E-state index contributed by atoms with van der Waals surface area (Å²) >= 11 is 0. The number of ketones is 1. The molecule has 0 aliphatic rings. The van der Waals surface area contributed by atoms with Crippen LogP contribution in [0.3, 0.4) is 0 Å². The Morgan fingerprint density at radius 3 is 0.983 bits per heavy atom. The van der Waals surface area contributed by atoms with Crippen LogP contribution in [-0.2, 0) is 9.59 Å². The van der Waals surface area contributed by atoms with Crippen LogP contribution in [0.25, 0.3) is 0 Å². The maximum atomic E-state index is 12.3. The second-order valence-corrected chi connectivity index (χ2v) is 18.9. The third kappa shape index (κ3) is 51.1. The van der Waals surface area contributed by atoms with Gasteiger partial charge in [-0.2, -0.15) is 0 Å². The number of unbranched alkanes of at least 4 members (excludes halogenated alkanes) is 39. The van der Waals surface area contributed by atoms with Crippen molar-refractivity contribution in [3.63, 3.8) is 0 Å². The molecule has 0 radical (unpaired) electrons. The molecule has 0 aliphatic carbocycles. The van der Waals surface area contributed by atoms with Crippen LogP contribution in [-0.4, -0.2) is 29.4 Å². The van der Waals surface area contributed by atoms with Gasteiger partial charge in [0.2, 0.25) is 5.91 Å². The highest BCUT2D eigenvalue weighted by Gasteiger charge is 2.07. The van der Waals surface area contributed by atoms with Crippen molar-refractivity contribution >= 4 is 11.7 Å². The maximum absolute atomic E-state index is 12.3. The monoisotopic (exact) mass is 830 g/mol. The molecular formula is C55H107NO3. The minimum Gasteiger partial charge on any atom is -0.391 e. The Kier molecular flexibility index (Phi) is 50.2. The Morgan fingerprint density at radius 1 is 0.373 bits per heavy atom. The molecule has 1 atom stereocenters. The van der Waals surface area contributed by atoms with Gasteiger partial charge in [0.25, 0.3) is 0 Å². The molecule has 350 valence electrons. The molecule has 0 rings (SSSR count). The Labute approximate surface area is 370 Å². The molecule has 4 nitrogen and oxygen atoms in total. The van der Waals surface area contributed by atoms with E-state index in [-0.39, 0.29) is 5.91 Å². The van der Waals surface area contributed by atoms with Crippen LogP contribution in [0.5, 0.6) is 0 Å². The van der Waals surface area contributed by atoms with Gasteiger partial charge in [-0.3, -0.25) is 9.59 Å². The van der Waals surface area contributed by atoms with Crippen molar-refractivity contribution in [2.45, 2.75) is 322 Å². The Balaban J connectivity index is 3.30. The summed E-state index contributed by atoms with van der Waals surface area (Å²) in [5.41, 5.74) is 0. The fraction of sp³-hybridized carbons (Fsp3) is 0.927. The highest BCUT2D eigenvalue weighted by atomic mass is 16.3. The first-order valence-corrected chi connectivity index (χ1v) is 27.2. The number of carbonyl (C=O) groups is 2. The van der Waals surface area contributed by atoms with Crippen molar-refractivity contribution in [1.29, 1.82) is 0 Å². The van der Waals surface area contributed by atoms with Gasteiger partial charge in [0.15, 0.2) is 0 Å². The van der Waals surface area contributed by atoms with Crippen molar-refractivity contribution in [1.82, 2.24) is 5.32 Å². The average Bonchev–Trinajstić information content (AvgIpc) is 3.23. The van der Waals surface area contributed by atoms with E-state index in [1.165, 1.54) is 244 Å². The average molecular weight is 830 g/mol. The summed E-state index contributed by atoms with van der Waals surface area (Å²) in [5, 5.41) is 13.2. The summed E-state index contributed by atoms with van der Waals surface area (Å²) < 4.78 is 0. The Bertz CT molecular complexity index is 855. The molecule has 0 aromatic carbocycles. The third-order valence-electron chi connectivity index (χ3n) is 12.8. The van der Waals surface area contributed by atoms with Crippen molar-refractivity contribution in [2.24, 2.45) is 0 Å². The van der Waals surface area contributed by atoms with E-state index in [1.807, 2.05) is 0 Å². The summed E-state index contributed by atoms with van der Waals surface area (Å²) in [4.78, 5) is 24.5. The Morgan fingerprint density at radius 2 is 0.644 bits per heavy atom. The molecule has 0 saturated heterocycles. The largest absolute Gasteiger partial charge is 0.391 e. The predicted molar refractivity (Wildman–Crippen MR) is 262 cm³/mol. The standard InChI is InChI=1S/C55H107NO3/c1-3-5-7-9-11-13-15-17-19-20-21-22-23-25-28-32-36-40-44-48-53(57)49-45-41-37-33-29-26-27-31-35-39-43-47-51-55(59)56-52-54(58)50-46-42-38-34-30-24-18-16-14-12-10-8-6-4-2/h17,19,54,58H,3-16,18,20-52H2,1-2H3,(H,56,59)/b19-17-. The van der Waals surface area contributed by atoms with E-state index >= 15 is 0 Å². The molecule has 0 fully saturated rings. The number of nitrogens with one attached hydrogen (secondary N) is 1. The molecule has 4 heteroatoms. The Hall–Kier alpha value is -1.16. The smallest absolute Gasteiger partial charge is 0.220 e. The molecule has 0 bridgehead atoms. The van der Waals surface area contributed by atoms with E-state index in [1.54, 1.807) is 0 Å². The third-order valence-corrected chi connectivity index (χ3v) is 12.8. The number of amides is 1. The first kappa shape index (κ1) is 57.8. The molecule has 1 unspecified atom stereocenters. The molecule has 0 saturated carbocycles. The summed E-state index contributed by atoms with van der Waals surface area (Å²) in [5.74, 6) is 0.597. The highest BCUT2D eigenvalue weighted by Crippen LogP contribution is 2.17. The van der Waals surface area contributed by atoms with Crippen LogP contribution < -0.4 is 5.32 Å². The van der Waals surface area contributed by atoms with Crippen LogP contribution in [0.1, 0.15) is 316 Å². The molecule has 0 spiro atoms. The number of hydrogen-bond acceptors (Lipinski definition) is 3. The lowest BCUT2D eigenvalue weighted by Crippen LogP contribution is -2.31. The van der Waals surface area contributed by atoms with E-state index in [0.717, 1.165) is 51.4 Å². The second kappa shape index (κ2) is 51.2. The van der Waals surface area contributed by atoms with Gasteiger partial charge in [-0.05, 0) is 51.4 Å². The number of Topliss-reactive ketones (excluding diaryl/α,β-unsaturated/α-hetero) is 1. The first-order chi connectivity index (χ1) is 29.1. The summed E-state index contributed by atoms with van der Waals surface area (Å²) in [7, 11) is 0. The van der Waals surface area contributed by atoms with Gasteiger partial charge in [0.1, 0.15) is 5.78 Å². The molecular weight excluding hydrogens is 723 g/mol. The molecule has 0 aromatic heterocycles. The van der Waals surface area contributed by atoms with Gasteiger partial charge >= 0.3 is 0 Å². The number of allylic oxidation sites excluding steroid dienone is 2. The van der Waals surface area contributed by atoms with Gasteiger partial charge in [0.05, 0.1) is 6.10 Å². The number of carbonyl (C=O) groups excluding carboxylic acids is 2. The van der Waals surface area contributed by atoms with Crippen molar-refractivity contribution in [3.05, 3.63) is 12.2 Å². The molecule has 0 aromatic rings. The van der Waals surface area contributed by atoms with Crippen LogP contribution in [0.2, 0.25) is 0 Å². The van der Waals surface area contributed by atoms with E-state index in [2.05, 4.69) is 31.3 Å². The number of rotatable bonds is 51. The van der Waals surface area contributed by atoms with Crippen LogP contribution in [0.15, 0.2) is 12.2 Å². The summed E-state index contributed by atoms with van der Waals surface area (Å²) in [6.07, 6.45) is 63.9. The van der Waals surface area contributed by atoms with E-state index in [9.17, 15) is 14.7 Å². The van der Waals surface area contributed by atoms with Crippen molar-refractivity contribution < 1.29 is 14.7 Å². The summed E-state index contributed by atoms with van der Waals surface area (Å²) in [6, 6.07) is 0. The van der Waals surface area contributed by atoms with Crippen LogP contribution >= 0.6 is 0 Å². The summed E-state index contributed by atoms with van der Waals surface area (Å²) in [6.45, 7) is 4.98. The lowest BCUT2D eigenvalue weighted by molar-refractivity contribution is -0.121. The van der Waals surface area contributed by atoms with E-state index < -0.39 is 6.10 Å². The first-order valence-electron chi connectivity index (χ1n) is 27.2. The van der Waals surface area contributed by atoms with Gasteiger partial charge in [-0.25, -0.2) is 0 Å².